The van der Waals surface area contributed by atoms with Gasteiger partial charge in [0.1, 0.15) is 0 Å². The molecular weight excluding hydrogens is 312 g/mol. The Morgan fingerprint density at radius 2 is 1.32 bits per heavy atom. The zero-order valence-electron chi connectivity index (χ0n) is 15.0. The molecular formula is C22H28O3. The largest absolute Gasteiger partial charge is 0.393 e. The maximum absolute atomic E-state index is 11.3. The van der Waals surface area contributed by atoms with E-state index in [-0.39, 0.29) is 12.3 Å². The maximum Gasteiger partial charge on any atom is 0.317 e. The molecule has 25 heavy (non-hydrogen) atoms. The Hall–Kier alpha value is -2.42. The number of esters is 2. The Kier molecular flexibility index (Phi) is 11.5. The van der Waals surface area contributed by atoms with Crippen LogP contribution >= 0.6 is 0 Å². The predicted octanol–water partition coefficient (Wildman–Crippen LogP) is 5.38. The van der Waals surface area contributed by atoms with Gasteiger partial charge in [0.15, 0.2) is 0 Å². The molecule has 0 spiro atoms. The number of hydrogen-bond donors (Lipinski definition) is 0. The van der Waals surface area contributed by atoms with Crippen LogP contribution in [0.3, 0.4) is 0 Å². The summed E-state index contributed by atoms with van der Waals surface area (Å²) in [5.74, 6) is -1.09. The van der Waals surface area contributed by atoms with E-state index in [9.17, 15) is 9.59 Å². The molecule has 3 heteroatoms. The summed E-state index contributed by atoms with van der Waals surface area (Å²) in [6, 6.07) is 0. The summed E-state index contributed by atoms with van der Waals surface area (Å²) >= 11 is 0. The molecule has 0 aliphatic carbocycles. The smallest absolute Gasteiger partial charge is 0.317 e. The van der Waals surface area contributed by atoms with Gasteiger partial charge >= 0.3 is 11.9 Å². The molecule has 0 radical (unpaired) electrons. The van der Waals surface area contributed by atoms with Crippen molar-refractivity contribution in [3.63, 3.8) is 0 Å². The maximum atomic E-state index is 11.3. The van der Waals surface area contributed by atoms with Gasteiger partial charge in [-0.1, -0.05) is 72.9 Å². The highest BCUT2D eigenvalue weighted by Gasteiger charge is 2.31. The van der Waals surface area contributed by atoms with Gasteiger partial charge in [0.25, 0.3) is 0 Å². The minimum atomic E-state index is -0.407. The van der Waals surface area contributed by atoms with Crippen LogP contribution in [0.1, 0.15) is 45.4 Å². The molecule has 0 aromatic rings. The Labute approximate surface area is 151 Å². The second kappa shape index (κ2) is 14.0. The predicted molar refractivity (Wildman–Crippen MR) is 103 cm³/mol. The number of ether oxygens (including phenoxy) is 1. The van der Waals surface area contributed by atoms with Gasteiger partial charge in [-0.05, 0) is 39.0 Å². The fraction of sp³-hybridized carbons (Fsp3) is 0.364. The quantitative estimate of drug-likeness (QED) is 0.219. The molecule has 0 aromatic heterocycles. The highest BCUT2D eigenvalue weighted by molar-refractivity contribution is 5.94. The van der Waals surface area contributed by atoms with E-state index in [0.717, 1.165) is 25.7 Å². The molecule has 134 valence electrons. The zero-order valence-corrected chi connectivity index (χ0v) is 15.0. The standard InChI is InChI=1S/C22H28O3/c1-2-3-4-5-6-7-8-9-10-11-12-13-14-15-16-17-18-20-19-21(23)25-22(20)24/h2-5,7-8,10-11,13-14,16-17,20H,6,9,12,15,18-19H2,1H3/b3-2+,5-4+,8-7+,11-10+,14-13+,17-16+. The number of carbonyl (C=O) groups is 2. The van der Waals surface area contributed by atoms with Crippen LogP contribution < -0.4 is 0 Å². The van der Waals surface area contributed by atoms with Crippen molar-refractivity contribution in [3.05, 3.63) is 72.9 Å². The van der Waals surface area contributed by atoms with Gasteiger partial charge in [0.2, 0.25) is 0 Å². The van der Waals surface area contributed by atoms with Crippen molar-refractivity contribution in [3.8, 4) is 0 Å². The molecule has 0 aromatic carbocycles. The number of cyclic esters (lactones) is 2. The second-order valence-electron chi connectivity index (χ2n) is 5.71. The molecule has 1 rings (SSSR count). The molecule has 1 unspecified atom stereocenters. The van der Waals surface area contributed by atoms with Crippen molar-refractivity contribution in [2.24, 2.45) is 5.92 Å². The molecule has 0 N–H and O–H groups in total. The second-order valence-corrected chi connectivity index (χ2v) is 5.71. The first-order valence-corrected chi connectivity index (χ1v) is 8.86. The van der Waals surface area contributed by atoms with Crippen LogP contribution in [0, 0.1) is 5.92 Å². The molecule has 3 nitrogen and oxygen atoms in total. The molecule has 1 atom stereocenters. The molecule has 0 amide bonds. The number of rotatable bonds is 11. The van der Waals surface area contributed by atoms with Crippen LogP contribution in [0.2, 0.25) is 0 Å². The van der Waals surface area contributed by atoms with E-state index in [1.165, 1.54) is 0 Å². The summed E-state index contributed by atoms with van der Waals surface area (Å²) in [4.78, 5) is 22.2. The van der Waals surface area contributed by atoms with Gasteiger partial charge in [-0.3, -0.25) is 9.59 Å². The third-order valence-corrected chi connectivity index (χ3v) is 3.58. The van der Waals surface area contributed by atoms with Gasteiger partial charge in [-0.25, -0.2) is 0 Å². The third kappa shape index (κ3) is 10.9. The minimum Gasteiger partial charge on any atom is -0.393 e. The van der Waals surface area contributed by atoms with E-state index in [4.69, 9.17) is 0 Å². The van der Waals surface area contributed by atoms with Crippen molar-refractivity contribution in [1.82, 2.24) is 0 Å². The SMILES string of the molecule is C/C=C/C=C/C/C=C/C/C=C/C/C=C/C/C=C/CC1CC(=O)OC1=O. The molecule has 1 saturated heterocycles. The summed E-state index contributed by atoms with van der Waals surface area (Å²) in [5, 5.41) is 0. The van der Waals surface area contributed by atoms with Gasteiger partial charge in [-0.15, -0.1) is 0 Å². The van der Waals surface area contributed by atoms with E-state index < -0.39 is 11.9 Å². The lowest BCUT2D eigenvalue weighted by Gasteiger charge is -1.97. The molecule has 1 heterocycles. The Bertz CT molecular complexity index is 574. The van der Waals surface area contributed by atoms with E-state index in [1.807, 2.05) is 31.2 Å². The van der Waals surface area contributed by atoms with Gasteiger partial charge in [0, 0.05) is 0 Å². The first-order chi connectivity index (χ1) is 12.2. The summed E-state index contributed by atoms with van der Waals surface area (Å²) < 4.78 is 4.51. The fourth-order valence-corrected chi connectivity index (χ4v) is 2.22. The Morgan fingerprint density at radius 3 is 1.80 bits per heavy atom. The fourth-order valence-electron chi connectivity index (χ4n) is 2.22. The Balaban J connectivity index is 2.02. The molecule has 0 saturated carbocycles. The van der Waals surface area contributed by atoms with E-state index in [1.54, 1.807) is 0 Å². The molecule has 1 fully saturated rings. The van der Waals surface area contributed by atoms with E-state index in [0.29, 0.717) is 6.42 Å². The van der Waals surface area contributed by atoms with Gasteiger partial charge < -0.3 is 4.74 Å². The van der Waals surface area contributed by atoms with Crippen molar-refractivity contribution in [2.45, 2.75) is 45.4 Å². The van der Waals surface area contributed by atoms with Crippen LogP contribution in [0.4, 0.5) is 0 Å². The minimum absolute atomic E-state index is 0.213. The normalized spacial score (nSPS) is 19.2. The average Bonchev–Trinajstić information content (AvgIpc) is 2.92. The lowest BCUT2D eigenvalue weighted by Crippen LogP contribution is -2.05. The highest BCUT2D eigenvalue weighted by atomic mass is 16.6. The van der Waals surface area contributed by atoms with Crippen molar-refractivity contribution in [2.75, 3.05) is 0 Å². The molecule has 0 bridgehead atoms. The number of hydrogen-bond acceptors (Lipinski definition) is 3. The van der Waals surface area contributed by atoms with Crippen LogP contribution in [-0.2, 0) is 14.3 Å². The van der Waals surface area contributed by atoms with Gasteiger partial charge in [-0.2, -0.15) is 0 Å². The summed E-state index contributed by atoms with van der Waals surface area (Å²) in [7, 11) is 0. The monoisotopic (exact) mass is 340 g/mol. The highest BCUT2D eigenvalue weighted by Crippen LogP contribution is 2.19. The lowest BCUT2D eigenvalue weighted by molar-refractivity contribution is -0.153. The molecule has 1 aliphatic rings. The van der Waals surface area contributed by atoms with Crippen LogP contribution in [-0.4, -0.2) is 11.9 Å². The number of carbonyl (C=O) groups excluding carboxylic acids is 2. The van der Waals surface area contributed by atoms with Crippen LogP contribution in [0.15, 0.2) is 72.9 Å². The van der Waals surface area contributed by atoms with E-state index >= 15 is 0 Å². The first kappa shape index (κ1) is 20.6. The summed E-state index contributed by atoms with van der Waals surface area (Å²) in [6.45, 7) is 2.01. The van der Waals surface area contributed by atoms with Crippen molar-refractivity contribution >= 4 is 11.9 Å². The van der Waals surface area contributed by atoms with Gasteiger partial charge in [0.05, 0.1) is 12.3 Å². The van der Waals surface area contributed by atoms with Crippen LogP contribution in [0.25, 0.3) is 0 Å². The summed E-state index contributed by atoms with van der Waals surface area (Å²) in [6.07, 6.45) is 29.5. The van der Waals surface area contributed by atoms with Crippen molar-refractivity contribution in [1.29, 1.82) is 0 Å². The third-order valence-electron chi connectivity index (χ3n) is 3.58. The van der Waals surface area contributed by atoms with Crippen LogP contribution in [0.5, 0.6) is 0 Å². The first-order valence-electron chi connectivity index (χ1n) is 8.86. The lowest BCUT2D eigenvalue weighted by atomic mass is 10.0. The molecule has 1 aliphatic heterocycles. The average molecular weight is 340 g/mol. The topological polar surface area (TPSA) is 43.4 Å². The van der Waals surface area contributed by atoms with Crippen molar-refractivity contribution < 1.29 is 14.3 Å². The van der Waals surface area contributed by atoms with E-state index in [2.05, 4.69) is 53.3 Å². The Morgan fingerprint density at radius 1 is 0.800 bits per heavy atom. The zero-order chi connectivity index (χ0) is 18.2. The summed E-state index contributed by atoms with van der Waals surface area (Å²) in [5.41, 5.74) is 0. The number of allylic oxidation sites excluding steroid dienone is 12.